The van der Waals surface area contributed by atoms with Crippen molar-refractivity contribution >= 4 is 29.3 Å². The first-order chi connectivity index (χ1) is 11.4. The topological polar surface area (TPSA) is 87.3 Å². The Morgan fingerprint density at radius 1 is 1.12 bits per heavy atom. The van der Waals surface area contributed by atoms with Crippen LogP contribution in [0.15, 0.2) is 24.3 Å². The standard InChI is InChI=1S/C17H22ClN3O3/c1-11(22)19-14-7-6-12(8-14)9-16(23)20-21-17(24)10-13-4-2-3-5-15(13)18/h2-5,12,14H,6-10H2,1H3,(H,19,22)(H,20,23)(H,21,24)/t12-,14+/m1/s1. The van der Waals surface area contributed by atoms with Crippen LogP contribution < -0.4 is 16.2 Å². The average Bonchev–Trinajstić information content (AvgIpc) is 2.94. The van der Waals surface area contributed by atoms with Gasteiger partial charge in [0.15, 0.2) is 0 Å². The summed E-state index contributed by atoms with van der Waals surface area (Å²) in [6.07, 6.45) is 3.01. The Morgan fingerprint density at radius 3 is 2.54 bits per heavy atom. The molecule has 0 unspecified atom stereocenters. The van der Waals surface area contributed by atoms with Crippen LogP contribution in [0.2, 0.25) is 5.02 Å². The molecule has 24 heavy (non-hydrogen) atoms. The van der Waals surface area contributed by atoms with Gasteiger partial charge in [-0.3, -0.25) is 25.2 Å². The molecule has 0 aliphatic heterocycles. The average molecular weight is 352 g/mol. The molecule has 0 spiro atoms. The van der Waals surface area contributed by atoms with E-state index in [0.29, 0.717) is 17.0 Å². The molecule has 0 heterocycles. The summed E-state index contributed by atoms with van der Waals surface area (Å²) in [4.78, 5) is 34.8. The lowest BCUT2D eigenvalue weighted by Crippen LogP contribution is -2.43. The van der Waals surface area contributed by atoms with Crippen LogP contribution in [-0.4, -0.2) is 23.8 Å². The minimum atomic E-state index is -0.320. The number of nitrogens with one attached hydrogen (secondary N) is 3. The van der Waals surface area contributed by atoms with Crippen LogP contribution in [-0.2, 0) is 20.8 Å². The fraction of sp³-hybridized carbons (Fsp3) is 0.471. The van der Waals surface area contributed by atoms with Crippen LogP contribution in [0.25, 0.3) is 0 Å². The second-order valence-electron chi connectivity index (χ2n) is 6.15. The van der Waals surface area contributed by atoms with Gasteiger partial charge in [-0.15, -0.1) is 0 Å². The molecule has 0 saturated heterocycles. The number of hydrazine groups is 1. The maximum absolute atomic E-state index is 11.9. The van der Waals surface area contributed by atoms with E-state index in [1.165, 1.54) is 6.92 Å². The Morgan fingerprint density at radius 2 is 1.83 bits per heavy atom. The summed E-state index contributed by atoms with van der Waals surface area (Å²) in [6, 6.07) is 7.23. The molecule has 1 aromatic carbocycles. The molecule has 3 N–H and O–H groups in total. The zero-order valence-corrected chi connectivity index (χ0v) is 14.4. The van der Waals surface area contributed by atoms with Crippen molar-refractivity contribution in [3.05, 3.63) is 34.9 Å². The number of halogens is 1. The lowest BCUT2D eigenvalue weighted by atomic mass is 10.0. The van der Waals surface area contributed by atoms with Crippen molar-refractivity contribution < 1.29 is 14.4 Å². The summed E-state index contributed by atoms with van der Waals surface area (Å²) in [6.45, 7) is 1.49. The van der Waals surface area contributed by atoms with Crippen molar-refractivity contribution in [3.63, 3.8) is 0 Å². The van der Waals surface area contributed by atoms with E-state index in [4.69, 9.17) is 11.6 Å². The highest BCUT2D eigenvalue weighted by molar-refractivity contribution is 6.31. The monoisotopic (exact) mass is 351 g/mol. The molecule has 1 aromatic rings. The lowest BCUT2D eigenvalue weighted by molar-refractivity contribution is -0.129. The summed E-state index contributed by atoms with van der Waals surface area (Å²) >= 11 is 6.00. The van der Waals surface area contributed by atoms with E-state index < -0.39 is 0 Å². The third-order valence-electron chi connectivity index (χ3n) is 4.07. The summed E-state index contributed by atoms with van der Waals surface area (Å²) in [5.74, 6) is -0.366. The minimum Gasteiger partial charge on any atom is -0.354 e. The third kappa shape index (κ3) is 5.85. The number of amides is 3. The molecule has 6 nitrogen and oxygen atoms in total. The van der Waals surface area contributed by atoms with Crippen LogP contribution in [0.4, 0.5) is 0 Å². The fourth-order valence-electron chi connectivity index (χ4n) is 2.99. The van der Waals surface area contributed by atoms with Crippen molar-refractivity contribution in [3.8, 4) is 0 Å². The highest BCUT2D eigenvalue weighted by atomic mass is 35.5. The lowest BCUT2D eigenvalue weighted by Gasteiger charge is -2.13. The Hall–Kier alpha value is -2.08. The number of hydrogen-bond donors (Lipinski definition) is 3. The second kappa shape index (κ2) is 8.68. The van der Waals surface area contributed by atoms with Crippen LogP contribution in [0, 0.1) is 5.92 Å². The molecule has 0 radical (unpaired) electrons. The first-order valence-corrected chi connectivity index (χ1v) is 8.40. The van der Waals surface area contributed by atoms with E-state index >= 15 is 0 Å². The van der Waals surface area contributed by atoms with Gasteiger partial charge in [0.25, 0.3) is 0 Å². The predicted molar refractivity (Wildman–Crippen MR) is 91.0 cm³/mol. The van der Waals surface area contributed by atoms with E-state index in [9.17, 15) is 14.4 Å². The van der Waals surface area contributed by atoms with E-state index in [1.54, 1.807) is 24.3 Å². The van der Waals surface area contributed by atoms with Crippen molar-refractivity contribution in [1.29, 1.82) is 0 Å². The molecule has 2 atom stereocenters. The van der Waals surface area contributed by atoms with Crippen molar-refractivity contribution in [2.75, 3.05) is 0 Å². The van der Waals surface area contributed by atoms with Crippen LogP contribution >= 0.6 is 11.6 Å². The van der Waals surface area contributed by atoms with Gasteiger partial charge >= 0.3 is 0 Å². The quantitative estimate of drug-likeness (QED) is 0.706. The van der Waals surface area contributed by atoms with Gasteiger partial charge in [-0.25, -0.2) is 0 Å². The van der Waals surface area contributed by atoms with Crippen LogP contribution in [0.5, 0.6) is 0 Å². The van der Waals surface area contributed by atoms with Gasteiger partial charge < -0.3 is 5.32 Å². The zero-order chi connectivity index (χ0) is 17.5. The largest absolute Gasteiger partial charge is 0.354 e. The second-order valence-corrected chi connectivity index (χ2v) is 6.55. The highest BCUT2D eigenvalue weighted by Gasteiger charge is 2.26. The molecule has 7 heteroatoms. The number of hydrogen-bond acceptors (Lipinski definition) is 3. The van der Waals surface area contributed by atoms with Gasteiger partial charge in [-0.05, 0) is 36.8 Å². The van der Waals surface area contributed by atoms with Gasteiger partial charge in [0.2, 0.25) is 17.7 Å². The van der Waals surface area contributed by atoms with E-state index in [0.717, 1.165) is 19.3 Å². The summed E-state index contributed by atoms with van der Waals surface area (Å²) in [7, 11) is 0. The Balaban J connectivity index is 1.69. The molecule has 3 amide bonds. The van der Waals surface area contributed by atoms with Crippen molar-refractivity contribution in [2.45, 2.75) is 45.1 Å². The molecule has 130 valence electrons. The van der Waals surface area contributed by atoms with Crippen LogP contribution in [0.1, 0.15) is 38.2 Å². The Kier molecular flexibility index (Phi) is 6.61. The van der Waals surface area contributed by atoms with Crippen molar-refractivity contribution in [1.82, 2.24) is 16.2 Å². The molecular formula is C17H22ClN3O3. The number of benzene rings is 1. The summed E-state index contributed by atoms with van der Waals surface area (Å²) < 4.78 is 0. The first kappa shape index (κ1) is 18.3. The summed E-state index contributed by atoms with van der Waals surface area (Å²) in [5.41, 5.74) is 5.55. The molecule has 2 rings (SSSR count). The minimum absolute atomic E-state index is 0.0445. The SMILES string of the molecule is CC(=O)N[C@H]1CC[C@@H](CC(=O)NNC(=O)Cc2ccccc2Cl)C1. The molecule has 1 aliphatic rings. The predicted octanol–water partition coefficient (Wildman–Crippen LogP) is 1.72. The summed E-state index contributed by atoms with van der Waals surface area (Å²) in [5, 5.41) is 3.40. The smallest absolute Gasteiger partial charge is 0.242 e. The van der Waals surface area contributed by atoms with Gasteiger partial charge in [0.05, 0.1) is 6.42 Å². The van der Waals surface area contributed by atoms with E-state index in [2.05, 4.69) is 16.2 Å². The van der Waals surface area contributed by atoms with Gasteiger partial charge in [0, 0.05) is 24.4 Å². The molecule has 1 aliphatic carbocycles. The first-order valence-electron chi connectivity index (χ1n) is 8.02. The molecule has 0 aromatic heterocycles. The fourth-order valence-corrected chi connectivity index (χ4v) is 3.19. The van der Waals surface area contributed by atoms with E-state index in [1.807, 2.05) is 0 Å². The Labute approximate surface area is 146 Å². The third-order valence-corrected chi connectivity index (χ3v) is 4.44. The molecule has 0 bridgehead atoms. The number of carbonyl (C=O) groups is 3. The van der Waals surface area contributed by atoms with Gasteiger partial charge in [-0.1, -0.05) is 29.8 Å². The number of rotatable bonds is 5. The molecular weight excluding hydrogens is 330 g/mol. The normalized spacial score (nSPS) is 19.6. The van der Waals surface area contributed by atoms with E-state index in [-0.39, 0.29) is 36.1 Å². The highest BCUT2D eigenvalue weighted by Crippen LogP contribution is 2.28. The molecule has 1 fully saturated rings. The Bertz CT molecular complexity index is 621. The molecule has 1 saturated carbocycles. The van der Waals surface area contributed by atoms with Crippen molar-refractivity contribution in [2.24, 2.45) is 5.92 Å². The van der Waals surface area contributed by atoms with Gasteiger partial charge in [-0.2, -0.15) is 0 Å². The maximum atomic E-state index is 11.9. The maximum Gasteiger partial charge on any atom is 0.242 e. The van der Waals surface area contributed by atoms with Gasteiger partial charge in [0.1, 0.15) is 0 Å². The number of carbonyl (C=O) groups excluding carboxylic acids is 3. The van der Waals surface area contributed by atoms with Crippen LogP contribution in [0.3, 0.4) is 0 Å². The zero-order valence-electron chi connectivity index (χ0n) is 13.6.